The van der Waals surface area contributed by atoms with Gasteiger partial charge in [0.2, 0.25) is 5.91 Å². The van der Waals surface area contributed by atoms with Crippen LogP contribution in [0.25, 0.3) is 0 Å². The molecule has 3 rings (SSSR count). The molecule has 172 valence electrons. The summed E-state index contributed by atoms with van der Waals surface area (Å²) in [5.41, 5.74) is 1.03. The number of carboxylic acids is 1. The van der Waals surface area contributed by atoms with Crippen molar-refractivity contribution in [3.05, 3.63) is 28.8 Å². The molecule has 2 N–H and O–H groups in total. The molecular weight excluding hydrogens is 414 g/mol. The maximum atomic E-state index is 12.9. The smallest absolute Gasteiger partial charge is 0.306 e. The third-order valence-electron chi connectivity index (χ3n) is 6.75. The van der Waals surface area contributed by atoms with Crippen LogP contribution in [0.4, 0.5) is 0 Å². The molecule has 1 aromatic carbocycles. The van der Waals surface area contributed by atoms with Crippen LogP contribution in [0.3, 0.4) is 0 Å². The first kappa shape index (κ1) is 23.9. The Bertz CT molecular complexity index is 788. The summed E-state index contributed by atoms with van der Waals surface area (Å²) >= 11 is 6.20. The SMILES string of the molecule is CC(C)(C)c1cc(Cl)ccc1OCC1CCCC(C(=O)NC2CCCC(C(=O)O)C2)C1. The van der Waals surface area contributed by atoms with Gasteiger partial charge < -0.3 is 15.2 Å². The highest BCUT2D eigenvalue weighted by Gasteiger charge is 2.32. The van der Waals surface area contributed by atoms with E-state index in [2.05, 4.69) is 26.1 Å². The largest absolute Gasteiger partial charge is 0.493 e. The van der Waals surface area contributed by atoms with Gasteiger partial charge in [-0.05, 0) is 68.1 Å². The number of carbonyl (C=O) groups excluding carboxylic acids is 1. The molecule has 0 aliphatic heterocycles. The van der Waals surface area contributed by atoms with Crippen molar-refractivity contribution in [1.82, 2.24) is 5.32 Å². The molecule has 0 radical (unpaired) electrons. The van der Waals surface area contributed by atoms with Crippen LogP contribution in [0.5, 0.6) is 5.75 Å². The van der Waals surface area contributed by atoms with E-state index in [1.807, 2.05) is 18.2 Å². The molecule has 4 atom stereocenters. The first-order valence-corrected chi connectivity index (χ1v) is 12.0. The monoisotopic (exact) mass is 449 g/mol. The molecular formula is C25H36ClNO4. The van der Waals surface area contributed by atoms with Crippen LogP contribution in [-0.2, 0) is 15.0 Å². The molecule has 0 saturated heterocycles. The van der Waals surface area contributed by atoms with Crippen LogP contribution >= 0.6 is 11.6 Å². The molecule has 0 spiro atoms. The van der Waals surface area contributed by atoms with Gasteiger partial charge in [-0.2, -0.15) is 0 Å². The zero-order valence-electron chi connectivity index (χ0n) is 19.0. The van der Waals surface area contributed by atoms with E-state index < -0.39 is 5.97 Å². The maximum absolute atomic E-state index is 12.9. The molecule has 1 amide bonds. The van der Waals surface area contributed by atoms with E-state index in [1.54, 1.807) is 0 Å². The average Bonchev–Trinajstić information content (AvgIpc) is 2.72. The van der Waals surface area contributed by atoms with E-state index in [0.29, 0.717) is 30.4 Å². The molecule has 31 heavy (non-hydrogen) atoms. The molecule has 0 aromatic heterocycles. The van der Waals surface area contributed by atoms with E-state index in [-0.39, 0.29) is 29.2 Å². The van der Waals surface area contributed by atoms with Gasteiger partial charge in [0, 0.05) is 22.5 Å². The molecule has 6 heteroatoms. The summed E-state index contributed by atoms with van der Waals surface area (Å²) in [5, 5.41) is 13.1. The maximum Gasteiger partial charge on any atom is 0.306 e. The fourth-order valence-corrected chi connectivity index (χ4v) is 5.14. The second-order valence-electron chi connectivity index (χ2n) is 10.3. The summed E-state index contributed by atoms with van der Waals surface area (Å²) in [5.74, 6) is 0.201. The minimum Gasteiger partial charge on any atom is -0.493 e. The Morgan fingerprint density at radius 3 is 2.52 bits per heavy atom. The Hall–Kier alpha value is -1.75. The summed E-state index contributed by atoms with van der Waals surface area (Å²) in [6.07, 6.45) is 6.79. The van der Waals surface area contributed by atoms with Crippen molar-refractivity contribution in [2.75, 3.05) is 6.61 Å². The minimum atomic E-state index is -0.745. The molecule has 2 aliphatic carbocycles. The van der Waals surface area contributed by atoms with E-state index in [0.717, 1.165) is 49.8 Å². The Morgan fingerprint density at radius 1 is 1.10 bits per heavy atom. The second kappa shape index (κ2) is 10.2. The van der Waals surface area contributed by atoms with E-state index in [4.69, 9.17) is 16.3 Å². The molecule has 2 fully saturated rings. The summed E-state index contributed by atoms with van der Waals surface area (Å²) in [6, 6.07) is 5.76. The Kier molecular flexibility index (Phi) is 7.90. The van der Waals surface area contributed by atoms with E-state index in [9.17, 15) is 14.7 Å². The average molecular weight is 450 g/mol. The number of hydrogen-bond acceptors (Lipinski definition) is 3. The summed E-state index contributed by atoms with van der Waals surface area (Å²) in [7, 11) is 0. The van der Waals surface area contributed by atoms with Crippen molar-refractivity contribution in [2.24, 2.45) is 17.8 Å². The predicted octanol–water partition coefficient (Wildman–Crippen LogP) is 5.58. The Balaban J connectivity index is 1.54. The zero-order valence-corrected chi connectivity index (χ0v) is 19.7. The fraction of sp³-hybridized carbons (Fsp3) is 0.680. The van der Waals surface area contributed by atoms with Gasteiger partial charge in [-0.15, -0.1) is 0 Å². The van der Waals surface area contributed by atoms with Gasteiger partial charge in [0.25, 0.3) is 0 Å². The van der Waals surface area contributed by atoms with Gasteiger partial charge in [-0.1, -0.05) is 45.2 Å². The van der Waals surface area contributed by atoms with Crippen molar-refractivity contribution in [1.29, 1.82) is 0 Å². The summed E-state index contributed by atoms with van der Waals surface area (Å²) in [4.78, 5) is 24.2. The van der Waals surface area contributed by atoms with Crippen LogP contribution in [0, 0.1) is 17.8 Å². The van der Waals surface area contributed by atoms with Gasteiger partial charge >= 0.3 is 5.97 Å². The lowest BCUT2D eigenvalue weighted by molar-refractivity contribution is -0.143. The molecule has 2 saturated carbocycles. The number of carboxylic acid groups (broad SMARTS) is 1. The first-order chi connectivity index (χ1) is 14.6. The van der Waals surface area contributed by atoms with Crippen LogP contribution < -0.4 is 10.1 Å². The lowest BCUT2D eigenvalue weighted by Crippen LogP contribution is -2.43. The topological polar surface area (TPSA) is 75.6 Å². The minimum absolute atomic E-state index is 0.0117. The molecule has 2 aliphatic rings. The van der Waals surface area contributed by atoms with Crippen LogP contribution in [0.2, 0.25) is 5.02 Å². The number of amides is 1. The van der Waals surface area contributed by atoms with Gasteiger partial charge in [-0.25, -0.2) is 0 Å². The third-order valence-corrected chi connectivity index (χ3v) is 6.98. The normalized spacial score (nSPS) is 26.8. The molecule has 0 heterocycles. The third kappa shape index (κ3) is 6.61. The number of aliphatic carboxylic acids is 1. The molecule has 4 unspecified atom stereocenters. The fourth-order valence-electron chi connectivity index (χ4n) is 4.97. The number of carbonyl (C=O) groups is 2. The van der Waals surface area contributed by atoms with Crippen molar-refractivity contribution in [2.45, 2.75) is 83.6 Å². The lowest BCUT2D eigenvalue weighted by Gasteiger charge is -2.32. The number of rotatable bonds is 6. The Morgan fingerprint density at radius 2 is 1.81 bits per heavy atom. The molecule has 5 nitrogen and oxygen atoms in total. The number of hydrogen-bond donors (Lipinski definition) is 2. The van der Waals surface area contributed by atoms with Crippen molar-refractivity contribution in [3.63, 3.8) is 0 Å². The summed E-state index contributed by atoms with van der Waals surface area (Å²) in [6.45, 7) is 7.03. The molecule has 0 bridgehead atoms. The van der Waals surface area contributed by atoms with Crippen LogP contribution in [0.1, 0.15) is 77.7 Å². The second-order valence-corrected chi connectivity index (χ2v) is 10.8. The highest BCUT2D eigenvalue weighted by molar-refractivity contribution is 6.30. The lowest BCUT2D eigenvalue weighted by atomic mass is 9.80. The number of benzene rings is 1. The standard InChI is InChI=1S/C25H36ClNO4/c1-25(2,3)21-14-19(26)10-11-22(21)31-15-16-6-4-7-17(12-16)23(28)27-20-9-5-8-18(13-20)24(29)30/h10-11,14,16-18,20H,4-9,12-13,15H2,1-3H3,(H,27,28)(H,29,30). The number of nitrogens with one attached hydrogen (secondary N) is 1. The Labute approximate surface area is 190 Å². The number of halogens is 1. The molecule has 1 aromatic rings. The highest BCUT2D eigenvalue weighted by atomic mass is 35.5. The first-order valence-electron chi connectivity index (χ1n) is 11.6. The summed E-state index contributed by atoms with van der Waals surface area (Å²) < 4.78 is 6.22. The zero-order chi connectivity index (χ0) is 22.6. The van der Waals surface area contributed by atoms with Gasteiger partial charge in [0.15, 0.2) is 0 Å². The van der Waals surface area contributed by atoms with Crippen LogP contribution in [-0.4, -0.2) is 29.6 Å². The van der Waals surface area contributed by atoms with Gasteiger partial charge in [-0.3, -0.25) is 9.59 Å². The van der Waals surface area contributed by atoms with Gasteiger partial charge in [0.05, 0.1) is 12.5 Å². The van der Waals surface area contributed by atoms with E-state index >= 15 is 0 Å². The van der Waals surface area contributed by atoms with Crippen LogP contribution in [0.15, 0.2) is 18.2 Å². The van der Waals surface area contributed by atoms with Gasteiger partial charge in [0.1, 0.15) is 5.75 Å². The van der Waals surface area contributed by atoms with Crippen molar-refractivity contribution in [3.8, 4) is 5.75 Å². The predicted molar refractivity (Wildman–Crippen MR) is 123 cm³/mol. The highest BCUT2D eigenvalue weighted by Crippen LogP contribution is 2.35. The quantitative estimate of drug-likeness (QED) is 0.594. The van der Waals surface area contributed by atoms with Crippen molar-refractivity contribution >= 4 is 23.5 Å². The van der Waals surface area contributed by atoms with Crippen molar-refractivity contribution < 1.29 is 19.4 Å². The van der Waals surface area contributed by atoms with E-state index in [1.165, 1.54) is 0 Å². The number of ether oxygens (including phenoxy) is 1.